The largest absolute Gasteiger partial charge is 0.495 e. The van der Waals surface area contributed by atoms with Crippen molar-refractivity contribution in [2.45, 2.75) is 25.7 Å². The normalized spacial score (nSPS) is 20.9. The van der Waals surface area contributed by atoms with Crippen LogP contribution in [0.15, 0.2) is 12.3 Å². The molecule has 0 saturated carbocycles. The Kier molecular flexibility index (Phi) is 4.60. The number of ether oxygens (including phenoxy) is 1. The molecule has 2 aliphatic heterocycles. The molecular weight excluding hydrogens is 276 g/mol. The summed E-state index contributed by atoms with van der Waals surface area (Å²) >= 11 is 0. The van der Waals surface area contributed by atoms with E-state index in [1.807, 2.05) is 6.07 Å². The van der Waals surface area contributed by atoms with Gasteiger partial charge in [0.1, 0.15) is 17.4 Å². The first kappa shape index (κ1) is 15.3. The molecule has 1 aromatic rings. The van der Waals surface area contributed by atoms with E-state index in [1.54, 1.807) is 13.3 Å². The number of nitriles is 1. The number of piperidine rings is 1. The summed E-state index contributed by atoms with van der Waals surface area (Å²) in [7, 11) is 1.60. The van der Waals surface area contributed by atoms with E-state index < -0.39 is 0 Å². The Balaban J connectivity index is 1.52. The molecular formula is C17H24N4O. The third kappa shape index (κ3) is 3.23. The van der Waals surface area contributed by atoms with Gasteiger partial charge < -0.3 is 15.0 Å². The number of hydrogen-bond acceptors (Lipinski definition) is 5. The Labute approximate surface area is 132 Å². The third-order valence-electron chi connectivity index (χ3n) is 5.20. The van der Waals surface area contributed by atoms with Crippen LogP contribution in [0.1, 0.15) is 30.5 Å². The lowest BCUT2D eigenvalue weighted by atomic mass is 9.78. The van der Waals surface area contributed by atoms with Gasteiger partial charge in [0.15, 0.2) is 0 Å². The molecule has 5 heteroatoms. The molecule has 0 aliphatic carbocycles. The van der Waals surface area contributed by atoms with E-state index in [2.05, 4.69) is 21.3 Å². The van der Waals surface area contributed by atoms with Crippen LogP contribution < -0.4 is 10.1 Å². The van der Waals surface area contributed by atoms with Crippen molar-refractivity contribution < 1.29 is 4.74 Å². The molecule has 0 bridgehead atoms. The van der Waals surface area contributed by atoms with Crippen LogP contribution in [0.2, 0.25) is 0 Å². The molecule has 118 valence electrons. The van der Waals surface area contributed by atoms with Gasteiger partial charge in [0, 0.05) is 37.5 Å². The van der Waals surface area contributed by atoms with Crippen LogP contribution in [-0.2, 0) is 6.42 Å². The summed E-state index contributed by atoms with van der Waals surface area (Å²) in [6.45, 7) is 5.81. The van der Waals surface area contributed by atoms with Crippen LogP contribution >= 0.6 is 0 Å². The number of rotatable bonds is 4. The van der Waals surface area contributed by atoms with Crippen molar-refractivity contribution in [3.8, 4) is 11.8 Å². The van der Waals surface area contributed by atoms with E-state index in [4.69, 9.17) is 10.00 Å². The van der Waals surface area contributed by atoms with E-state index in [-0.39, 0.29) is 0 Å². The minimum atomic E-state index is 0.500. The van der Waals surface area contributed by atoms with Crippen molar-refractivity contribution in [2.24, 2.45) is 5.41 Å². The summed E-state index contributed by atoms with van der Waals surface area (Å²) in [5.41, 5.74) is 2.07. The summed E-state index contributed by atoms with van der Waals surface area (Å²) in [5, 5.41) is 12.5. The van der Waals surface area contributed by atoms with Crippen molar-refractivity contribution in [1.29, 1.82) is 5.26 Å². The van der Waals surface area contributed by atoms with E-state index in [0.29, 0.717) is 16.7 Å². The number of nitrogens with one attached hydrogen (secondary N) is 1. The molecule has 1 spiro atoms. The van der Waals surface area contributed by atoms with Gasteiger partial charge in [0.05, 0.1) is 7.11 Å². The zero-order valence-corrected chi connectivity index (χ0v) is 13.3. The molecule has 0 unspecified atom stereocenters. The number of aromatic nitrogens is 1. The van der Waals surface area contributed by atoms with Crippen LogP contribution in [0.3, 0.4) is 0 Å². The van der Waals surface area contributed by atoms with E-state index in [0.717, 1.165) is 18.7 Å². The number of nitrogens with zero attached hydrogens (tertiary/aromatic N) is 3. The Bertz CT molecular complexity index is 550. The molecule has 0 radical (unpaired) electrons. The van der Waals surface area contributed by atoms with E-state index in [9.17, 15) is 0 Å². The fourth-order valence-electron chi connectivity index (χ4n) is 3.61. The Morgan fingerprint density at radius 2 is 2.23 bits per heavy atom. The van der Waals surface area contributed by atoms with Crippen molar-refractivity contribution in [1.82, 2.24) is 15.2 Å². The van der Waals surface area contributed by atoms with Crippen LogP contribution in [0.4, 0.5) is 0 Å². The first-order chi connectivity index (χ1) is 10.7. The predicted octanol–water partition coefficient (Wildman–Crippen LogP) is 1.58. The number of likely N-dealkylation sites (tertiary alicyclic amines) is 1. The second-order valence-electron chi connectivity index (χ2n) is 6.51. The number of pyridine rings is 1. The maximum atomic E-state index is 8.99. The summed E-state index contributed by atoms with van der Waals surface area (Å²) in [6.07, 6.45) is 6.49. The molecule has 1 N–H and O–H groups in total. The lowest BCUT2D eigenvalue weighted by molar-refractivity contribution is 0.120. The summed E-state index contributed by atoms with van der Waals surface area (Å²) in [4.78, 5) is 6.91. The molecule has 0 amide bonds. The van der Waals surface area contributed by atoms with Gasteiger partial charge in [0.2, 0.25) is 0 Å². The average Bonchev–Trinajstić information content (AvgIpc) is 3.02. The molecule has 1 aromatic heterocycles. The molecule has 0 aromatic carbocycles. The summed E-state index contributed by atoms with van der Waals surface area (Å²) in [5.74, 6) is 0.627. The van der Waals surface area contributed by atoms with Crippen LogP contribution in [0.25, 0.3) is 0 Å². The van der Waals surface area contributed by atoms with Gasteiger partial charge in [-0.2, -0.15) is 5.26 Å². The van der Waals surface area contributed by atoms with Gasteiger partial charge in [-0.05, 0) is 44.3 Å². The monoisotopic (exact) mass is 300 g/mol. The Morgan fingerprint density at radius 1 is 1.41 bits per heavy atom. The number of methoxy groups -OCH3 is 1. The highest BCUT2D eigenvalue weighted by molar-refractivity contribution is 5.41. The van der Waals surface area contributed by atoms with Crippen molar-refractivity contribution >= 4 is 0 Å². The average molecular weight is 300 g/mol. The van der Waals surface area contributed by atoms with Gasteiger partial charge in [-0.1, -0.05) is 0 Å². The van der Waals surface area contributed by atoms with Crippen molar-refractivity contribution in [2.75, 3.05) is 39.8 Å². The molecule has 2 saturated heterocycles. The molecule has 3 rings (SSSR count). The Hall–Kier alpha value is -1.64. The SMILES string of the molecule is COc1cc(CCN2CCC3(CCNC3)CC2)ncc1C#N. The fourth-order valence-corrected chi connectivity index (χ4v) is 3.61. The fraction of sp³-hybridized carbons (Fsp3) is 0.647. The lowest BCUT2D eigenvalue weighted by Gasteiger charge is -2.38. The van der Waals surface area contributed by atoms with Crippen LogP contribution in [-0.4, -0.2) is 49.7 Å². The highest BCUT2D eigenvalue weighted by Gasteiger charge is 2.36. The third-order valence-corrected chi connectivity index (χ3v) is 5.20. The molecule has 5 nitrogen and oxygen atoms in total. The molecule has 22 heavy (non-hydrogen) atoms. The zero-order valence-electron chi connectivity index (χ0n) is 13.3. The standard InChI is InChI=1S/C17H24N4O/c1-22-16-10-15(20-12-14(16)11-18)2-7-21-8-4-17(5-9-21)3-6-19-13-17/h10,12,19H,2-9,13H2,1H3. The second kappa shape index (κ2) is 6.64. The van der Waals surface area contributed by atoms with Gasteiger partial charge in [-0.15, -0.1) is 0 Å². The summed E-state index contributed by atoms with van der Waals surface area (Å²) < 4.78 is 5.25. The lowest BCUT2D eigenvalue weighted by Crippen LogP contribution is -2.41. The topological polar surface area (TPSA) is 61.2 Å². The molecule has 3 heterocycles. The van der Waals surface area contributed by atoms with Gasteiger partial charge >= 0.3 is 0 Å². The Morgan fingerprint density at radius 3 is 2.86 bits per heavy atom. The smallest absolute Gasteiger partial charge is 0.140 e. The first-order valence-electron chi connectivity index (χ1n) is 8.11. The maximum absolute atomic E-state index is 8.99. The minimum absolute atomic E-state index is 0.500. The second-order valence-corrected chi connectivity index (χ2v) is 6.51. The van der Waals surface area contributed by atoms with Gasteiger partial charge in [-0.25, -0.2) is 0 Å². The summed E-state index contributed by atoms with van der Waals surface area (Å²) in [6, 6.07) is 4.00. The predicted molar refractivity (Wildman–Crippen MR) is 84.8 cm³/mol. The number of hydrogen-bond donors (Lipinski definition) is 1. The minimum Gasteiger partial charge on any atom is -0.495 e. The quantitative estimate of drug-likeness (QED) is 0.915. The van der Waals surface area contributed by atoms with Crippen molar-refractivity contribution in [3.63, 3.8) is 0 Å². The maximum Gasteiger partial charge on any atom is 0.140 e. The first-order valence-corrected chi connectivity index (χ1v) is 8.11. The molecule has 2 aliphatic rings. The van der Waals surface area contributed by atoms with Crippen LogP contribution in [0, 0.1) is 16.7 Å². The molecule has 2 fully saturated rings. The van der Waals surface area contributed by atoms with Crippen molar-refractivity contribution in [3.05, 3.63) is 23.5 Å². The van der Waals surface area contributed by atoms with Gasteiger partial charge in [-0.3, -0.25) is 4.98 Å². The van der Waals surface area contributed by atoms with Gasteiger partial charge in [0.25, 0.3) is 0 Å². The zero-order chi connectivity index (χ0) is 15.4. The van der Waals surface area contributed by atoms with Crippen LogP contribution in [0.5, 0.6) is 5.75 Å². The molecule has 0 atom stereocenters. The highest BCUT2D eigenvalue weighted by Crippen LogP contribution is 2.36. The highest BCUT2D eigenvalue weighted by atomic mass is 16.5. The van der Waals surface area contributed by atoms with E-state index in [1.165, 1.54) is 45.4 Å². The van der Waals surface area contributed by atoms with E-state index >= 15 is 0 Å².